The Morgan fingerprint density at radius 1 is 1.21 bits per heavy atom. The average molecular weight is 404 g/mol. The van der Waals surface area contributed by atoms with Crippen LogP contribution in [-0.4, -0.2) is 28.2 Å². The summed E-state index contributed by atoms with van der Waals surface area (Å²) in [6.45, 7) is 0. The van der Waals surface area contributed by atoms with Gasteiger partial charge in [-0.3, -0.25) is 14.8 Å². The van der Waals surface area contributed by atoms with Gasteiger partial charge in [-0.25, -0.2) is 4.39 Å². The van der Waals surface area contributed by atoms with Crippen LogP contribution in [0.2, 0.25) is 0 Å². The summed E-state index contributed by atoms with van der Waals surface area (Å²) in [4.78, 5) is 20.6. The van der Waals surface area contributed by atoms with E-state index in [1.54, 1.807) is 19.4 Å². The second-order valence-electron chi connectivity index (χ2n) is 7.20. The van der Waals surface area contributed by atoms with Crippen molar-refractivity contribution in [1.82, 2.24) is 9.97 Å². The van der Waals surface area contributed by atoms with Crippen LogP contribution in [0.4, 0.5) is 4.39 Å². The SMILES string of the molecule is COc1ccc(F)cc1-c1nc(C2CCC(C(=O)O)CC2)cc2cccnc12.[H-].[Na+]. The van der Waals surface area contributed by atoms with E-state index in [0.29, 0.717) is 35.4 Å². The monoisotopic (exact) mass is 404 g/mol. The fraction of sp³-hybridized carbons (Fsp3) is 0.318. The van der Waals surface area contributed by atoms with Gasteiger partial charge >= 0.3 is 35.5 Å². The van der Waals surface area contributed by atoms with Crippen molar-refractivity contribution in [2.75, 3.05) is 7.11 Å². The Bertz CT molecular complexity index is 1040. The van der Waals surface area contributed by atoms with Gasteiger partial charge < -0.3 is 11.3 Å². The molecule has 5 nitrogen and oxygen atoms in total. The van der Waals surface area contributed by atoms with E-state index < -0.39 is 5.97 Å². The van der Waals surface area contributed by atoms with Gasteiger partial charge in [0.25, 0.3) is 0 Å². The summed E-state index contributed by atoms with van der Waals surface area (Å²) in [5.74, 6) is -0.652. The topological polar surface area (TPSA) is 72.3 Å². The van der Waals surface area contributed by atoms with Gasteiger partial charge in [0, 0.05) is 28.8 Å². The normalized spacial score (nSPS) is 18.8. The van der Waals surface area contributed by atoms with Crippen molar-refractivity contribution in [3.05, 3.63) is 54.1 Å². The van der Waals surface area contributed by atoms with Crippen LogP contribution in [0, 0.1) is 11.7 Å². The molecule has 0 radical (unpaired) electrons. The molecular formula is C22H22FN2NaO3. The van der Waals surface area contributed by atoms with Crippen LogP contribution >= 0.6 is 0 Å². The molecule has 0 atom stereocenters. The van der Waals surface area contributed by atoms with Gasteiger partial charge in [0.15, 0.2) is 0 Å². The Labute approximate surface area is 192 Å². The second-order valence-corrected chi connectivity index (χ2v) is 7.20. The van der Waals surface area contributed by atoms with Crippen molar-refractivity contribution in [2.45, 2.75) is 31.6 Å². The number of carboxylic acid groups (broad SMARTS) is 1. The molecule has 7 heteroatoms. The summed E-state index contributed by atoms with van der Waals surface area (Å²) in [5.41, 5.74) is 2.73. The molecule has 0 unspecified atom stereocenters. The van der Waals surface area contributed by atoms with E-state index in [1.807, 2.05) is 18.2 Å². The molecule has 29 heavy (non-hydrogen) atoms. The van der Waals surface area contributed by atoms with Gasteiger partial charge in [0.2, 0.25) is 0 Å². The predicted molar refractivity (Wildman–Crippen MR) is 105 cm³/mol. The van der Waals surface area contributed by atoms with Crippen LogP contribution in [-0.2, 0) is 4.79 Å². The first kappa shape index (κ1) is 21.7. The fourth-order valence-corrected chi connectivity index (χ4v) is 4.00. The molecule has 1 aliphatic rings. The molecule has 1 fully saturated rings. The minimum absolute atomic E-state index is 0. The van der Waals surface area contributed by atoms with Crippen LogP contribution in [0.25, 0.3) is 22.2 Å². The number of methoxy groups -OCH3 is 1. The summed E-state index contributed by atoms with van der Waals surface area (Å²) in [5, 5.41) is 10.2. The summed E-state index contributed by atoms with van der Waals surface area (Å²) < 4.78 is 19.4. The molecule has 1 N–H and O–H groups in total. The minimum atomic E-state index is -0.723. The maximum atomic E-state index is 14.0. The standard InChI is InChI=1S/C22H21FN2O3.Na.H/c1-28-19-9-8-16(23)12-17(19)21-20-15(3-2-10-24-20)11-18(25-21)13-4-6-14(7-5-13)22(26)27;;/h2-3,8-14H,4-7H2,1H3,(H,26,27);;/q;+1;-1. The van der Waals surface area contributed by atoms with E-state index in [2.05, 4.69) is 4.98 Å². The number of fused-ring (bicyclic) bond motifs is 1. The number of nitrogens with zero attached hydrogens (tertiary/aromatic N) is 2. The largest absolute Gasteiger partial charge is 1.00 e. The van der Waals surface area contributed by atoms with Crippen molar-refractivity contribution >= 4 is 16.9 Å². The molecule has 2 aromatic heterocycles. The molecule has 4 rings (SSSR count). The molecule has 1 aliphatic carbocycles. The van der Waals surface area contributed by atoms with Crippen LogP contribution in [0.5, 0.6) is 5.75 Å². The summed E-state index contributed by atoms with van der Waals surface area (Å²) in [6, 6.07) is 10.2. The number of pyridine rings is 2. The van der Waals surface area contributed by atoms with E-state index in [0.717, 1.165) is 23.9 Å². The zero-order valence-electron chi connectivity index (χ0n) is 17.6. The zero-order chi connectivity index (χ0) is 19.7. The van der Waals surface area contributed by atoms with Gasteiger partial charge in [-0.1, -0.05) is 6.07 Å². The van der Waals surface area contributed by atoms with Crippen LogP contribution in [0.3, 0.4) is 0 Å². The molecule has 0 amide bonds. The van der Waals surface area contributed by atoms with Crippen LogP contribution < -0.4 is 34.3 Å². The molecule has 0 spiro atoms. The number of rotatable bonds is 4. The van der Waals surface area contributed by atoms with E-state index in [4.69, 9.17) is 9.72 Å². The first-order valence-corrected chi connectivity index (χ1v) is 9.39. The Balaban J connectivity index is 0.00000160. The third-order valence-corrected chi connectivity index (χ3v) is 5.52. The van der Waals surface area contributed by atoms with Crippen molar-refractivity contribution < 1.29 is 50.0 Å². The molecule has 2 heterocycles. The first-order chi connectivity index (χ1) is 13.6. The molecule has 146 valence electrons. The summed E-state index contributed by atoms with van der Waals surface area (Å²) >= 11 is 0. The number of ether oxygens (including phenoxy) is 1. The van der Waals surface area contributed by atoms with Crippen molar-refractivity contribution in [2.24, 2.45) is 5.92 Å². The quantitative estimate of drug-likeness (QED) is 0.673. The first-order valence-electron chi connectivity index (χ1n) is 9.39. The maximum Gasteiger partial charge on any atom is 1.00 e. The average Bonchev–Trinajstić information content (AvgIpc) is 2.73. The van der Waals surface area contributed by atoms with Crippen molar-refractivity contribution in [3.63, 3.8) is 0 Å². The summed E-state index contributed by atoms with van der Waals surface area (Å²) in [7, 11) is 1.55. The number of halogens is 1. The molecule has 1 saturated carbocycles. The molecule has 0 aliphatic heterocycles. The third-order valence-electron chi connectivity index (χ3n) is 5.52. The molecular weight excluding hydrogens is 382 g/mol. The van der Waals surface area contributed by atoms with Gasteiger partial charge in [-0.15, -0.1) is 0 Å². The van der Waals surface area contributed by atoms with Gasteiger partial charge in [0.1, 0.15) is 17.3 Å². The maximum absolute atomic E-state index is 14.0. The Hall–Kier alpha value is -2.02. The number of hydrogen-bond acceptors (Lipinski definition) is 4. The molecule has 0 saturated heterocycles. The number of benzene rings is 1. The third kappa shape index (κ3) is 4.44. The van der Waals surface area contributed by atoms with E-state index >= 15 is 0 Å². The van der Waals surface area contributed by atoms with Gasteiger partial charge in [-0.05, 0) is 56.0 Å². The van der Waals surface area contributed by atoms with Crippen molar-refractivity contribution in [1.29, 1.82) is 0 Å². The van der Waals surface area contributed by atoms with Gasteiger partial charge in [0.05, 0.1) is 18.5 Å². The predicted octanol–water partition coefficient (Wildman–Crippen LogP) is 1.92. The summed E-state index contributed by atoms with van der Waals surface area (Å²) in [6.07, 6.45) is 4.53. The Kier molecular flexibility index (Phi) is 6.88. The number of aliphatic carboxylic acids is 1. The van der Waals surface area contributed by atoms with E-state index in [9.17, 15) is 14.3 Å². The van der Waals surface area contributed by atoms with Crippen molar-refractivity contribution in [3.8, 4) is 17.0 Å². The van der Waals surface area contributed by atoms with Crippen LogP contribution in [0.15, 0.2) is 42.6 Å². The van der Waals surface area contributed by atoms with E-state index in [1.165, 1.54) is 12.1 Å². The smallest absolute Gasteiger partial charge is 1.00 e. The van der Waals surface area contributed by atoms with Gasteiger partial charge in [-0.2, -0.15) is 0 Å². The number of carboxylic acids is 1. The Morgan fingerprint density at radius 3 is 2.66 bits per heavy atom. The molecule has 0 bridgehead atoms. The Morgan fingerprint density at radius 2 is 1.97 bits per heavy atom. The number of hydrogen-bond donors (Lipinski definition) is 1. The fourth-order valence-electron chi connectivity index (χ4n) is 4.00. The van der Waals surface area contributed by atoms with Crippen LogP contribution in [0.1, 0.15) is 38.7 Å². The molecule has 1 aromatic carbocycles. The molecule has 3 aromatic rings. The number of aromatic nitrogens is 2. The zero-order valence-corrected chi connectivity index (χ0v) is 18.6. The van der Waals surface area contributed by atoms with E-state index in [-0.39, 0.29) is 48.6 Å². The second kappa shape index (κ2) is 9.20. The number of carbonyl (C=O) groups is 1. The minimum Gasteiger partial charge on any atom is -1.00 e.